The van der Waals surface area contributed by atoms with E-state index in [0.29, 0.717) is 17.5 Å². The lowest BCUT2D eigenvalue weighted by atomic mass is 9.73. The van der Waals surface area contributed by atoms with Crippen LogP contribution in [0.2, 0.25) is 0 Å². The Bertz CT molecular complexity index is 654. The van der Waals surface area contributed by atoms with Crippen LogP contribution in [-0.4, -0.2) is 41.9 Å². The van der Waals surface area contributed by atoms with Crippen molar-refractivity contribution in [2.24, 2.45) is 0 Å². The van der Waals surface area contributed by atoms with Crippen LogP contribution in [0.1, 0.15) is 42.0 Å². The van der Waals surface area contributed by atoms with E-state index in [0.717, 1.165) is 37.8 Å². The molecule has 0 radical (unpaired) electrons. The van der Waals surface area contributed by atoms with Crippen LogP contribution in [0, 0.1) is 0 Å². The fourth-order valence-corrected chi connectivity index (χ4v) is 4.60. The van der Waals surface area contributed by atoms with Gasteiger partial charge in [-0.05, 0) is 49.9 Å². The number of benzene rings is 1. The predicted molar refractivity (Wildman–Crippen MR) is 84.4 cm³/mol. The number of aliphatic hydroxyl groups excluding tert-OH is 1. The molecule has 4 heteroatoms. The Labute approximate surface area is 131 Å². The Morgan fingerprint density at radius 2 is 2.23 bits per heavy atom. The van der Waals surface area contributed by atoms with E-state index in [-0.39, 0.29) is 11.5 Å². The van der Waals surface area contributed by atoms with Crippen molar-refractivity contribution in [2.45, 2.75) is 43.2 Å². The number of phenols is 1. The molecule has 0 saturated heterocycles. The number of allylic oxidation sites excluding steroid dienone is 1. The van der Waals surface area contributed by atoms with Gasteiger partial charge in [0.25, 0.3) is 0 Å². The highest BCUT2D eigenvalue weighted by Gasteiger charge is 2.49. The van der Waals surface area contributed by atoms with Crippen LogP contribution in [0.5, 0.6) is 11.5 Å². The van der Waals surface area contributed by atoms with Crippen LogP contribution in [-0.2, 0) is 11.8 Å². The van der Waals surface area contributed by atoms with Gasteiger partial charge in [0.15, 0.2) is 11.5 Å². The van der Waals surface area contributed by atoms with Gasteiger partial charge in [0.1, 0.15) is 0 Å². The SMILES string of the molecule is COc1cc2c3c(c1O)[C@@]1(C=C[C@H](O)CC1)C[C@H]3N(C)CC2. The predicted octanol–water partition coefficient (Wildman–Crippen LogP) is 2.28. The minimum Gasteiger partial charge on any atom is -0.504 e. The molecular weight excluding hydrogens is 278 g/mol. The molecule has 2 N–H and O–H groups in total. The van der Waals surface area contributed by atoms with Crippen molar-refractivity contribution >= 4 is 0 Å². The molecule has 1 heterocycles. The lowest BCUT2D eigenvalue weighted by Gasteiger charge is -2.33. The third-order valence-corrected chi connectivity index (χ3v) is 5.79. The van der Waals surface area contributed by atoms with Gasteiger partial charge in [-0.2, -0.15) is 0 Å². The zero-order valence-electron chi connectivity index (χ0n) is 13.2. The second-order valence-corrected chi connectivity index (χ2v) is 6.95. The summed E-state index contributed by atoms with van der Waals surface area (Å²) in [6, 6.07) is 2.37. The fraction of sp³-hybridized carbons (Fsp3) is 0.556. The van der Waals surface area contributed by atoms with E-state index in [1.54, 1.807) is 7.11 Å². The number of ether oxygens (including phenoxy) is 1. The summed E-state index contributed by atoms with van der Waals surface area (Å²) in [5.74, 6) is 0.873. The van der Waals surface area contributed by atoms with Crippen molar-refractivity contribution in [1.82, 2.24) is 4.90 Å². The molecule has 0 bridgehead atoms. The quantitative estimate of drug-likeness (QED) is 0.782. The van der Waals surface area contributed by atoms with Crippen LogP contribution in [0.4, 0.5) is 0 Å². The van der Waals surface area contributed by atoms with E-state index in [4.69, 9.17) is 4.74 Å². The number of aliphatic hydroxyl groups is 1. The maximum atomic E-state index is 10.8. The van der Waals surface area contributed by atoms with Crippen LogP contribution in [0.25, 0.3) is 0 Å². The van der Waals surface area contributed by atoms with E-state index in [2.05, 4.69) is 18.0 Å². The molecule has 4 nitrogen and oxygen atoms in total. The van der Waals surface area contributed by atoms with E-state index in [1.165, 1.54) is 11.1 Å². The van der Waals surface area contributed by atoms with Gasteiger partial charge < -0.3 is 14.9 Å². The van der Waals surface area contributed by atoms with E-state index >= 15 is 0 Å². The van der Waals surface area contributed by atoms with Gasteiger partial charge in [-0.3, -0.25) is 4.90 Å². The van der Waals surface area contributed by atoms with Crippen molar-refractivity contribution in [3.05, 3.63) is 34.9 Å². The molecule has 0 saturated carbocycles. The van der Waals surface area contributed by atoms with E-state index in [1.807, 2.05) is 12.1 Å². The Morgan fingerprint density at radius 1 is 1.41 bits per heavy atom. The smallest absolute Gasteiger partial charge is 0.162 e. The molecule has 3 atom stereocenters. The molecule has 2 aliphatic carbocycles. The second kappa shape index (κ2) is 4.74. The highest BCUT2D eigenvalue weighted by Crippen LogP contribution is 2.59. The molecule has 4 rings (SSSR count). The van der Waals surface area contributed by atoms with Gasteiger partial charge in [0.2, 0.25) is 0 Å². The highest BCUT2D eigenvalue weighted by molar-refractivity contribution is 5.63. The molecule has 3 aliphatic rings. The molecule has 1 aromatic rings. The molecule has 118 valence electrons. The zero-order valence-corrected chi connectivity index (χ0v) is 13.2. The summed E-state index contributed by atoms with van der Waals surface area (Å²) in [5, 5.41) is 20.6. The van der Waals surface area contributed by atoms with Crippen LogP contribution in [0.3, 0.4) is 0 Å². The minimum atomic E-state index is -0.358. The number of phenolic OH excluding ortho intramolecular Hbond substituents is 1. The van der Waals surface area contributed by atoms with Crippen molar-refractivity contribution in [2.75, 3.05) is 20.7 Å². The third kappa shape index (κ3) is 1.77. The first-order valence-electron chi connectivity index (χ1n) is 8.06. The van der Waals surface area contributed by atoms with Gasteiger partial charge in [0, 0.05) is 23.6 Å². The standard InChI is InChI=1S/C18H23NO3/c1-19-8-5-11-9-14(22-2)17(21)16-15(11)13(19)10-18(16)6-3-12(20)4-7-18/h3,6,9,12-13,20-21H,4-5,7-8,10H2,1-2H3/t12-,13+,18+/m0/s1. The van der Waals surface area contributed by atoms with Gasteiger partial charge in [0.05, 0.1) is 13.2 Å². The number of fused-ring (bicyclic) bond motifs is 1. The summed E-state index contributed by atoms with van der Waals surface area (Å²) < 4.78 is 5.42. The molecule has 0 aromatic heterocycles. The number of hydrogen-bond donors (Lipinski definition) is 2. The minimum absolute atomic E-state index is 0.162. The molecular formula is C18H23NO3. The molecule has 1 spiro atoms. The average Bonchev–Trinajstić information content (AvgIpc) is 2.86. The number of methoxy groups -OCH3 is 1. The first-order chi connectivity index (χ1) is 10.6. The van der Waals surface area contributed by atoms with Gasteiger partial charge >= 0.3 is 0 Å². The lowest BCUT2D eigenvalue weighted by Crippen LogP contribution is -2.32. The first kappa shape index (κ1) is 14.1. The molecule has 1 aliphatic heterocycles. The topological polar surface area (TPSA) is 52.9 Å². The first-order valence-corrected chi connectivity index (χ1v) is 8.06. The number of rotatable bonds is 1. The molecule has 22 heavy (non-hydrogen) atoms. The Kier molecular flexibility index (Phi) is 3.03. The van der Waals surface area contributed by atoms with Crippen molar-refractivity contribution in [1.29, 1.82) is 0 Å². The number of nitrogens with zero attached hydrogens (tertiary/aromatic N) is 1. The maximum Gasteiger partial charge on any atom is 0.162 e. The number of hydrogen-bond acceptors (Lipinski definition) is 4. The largest absolute Gasteiger partial charge is 0.504 e. The Balaban J connectivity index is 1.96. The van der Waals surface area contributed by atoms with Crippen molar-refractivity contribution in [3.8, 4) is 11.5 Å². The zero-order chi connectivity index (χ0) is 15.5. The van der Waals surface area contributed by atoms with Crippen LogP contribution in [0.15, 0.2) is 18.2 Å². The molecule has 0 amide bonds. The lowest BCUT2D eigenvalue weighted by molar-refractivity contribution is 0.172. The summed E-state index contributed by atoms with van der Waals surface area (Å²) >= 11 is 0. The normalized spacial score (nSPS) is 33.2. The summed E-state index contributed by atoms with van der Waals surface area (Å²) in [5.41, 5.74) is 3.49. The highest BCUT2D eigenvalue weighted by atomic mass is 16.5. The van der Waals surface area contributed by atoms with E-state index in [9.17, 15) is 10.2 Å². The average molecular weight is 301 g/mol. The van der Waals surface area contributed by atoms with E-state index < -0.39 is 0 Å². The van der Waals surface area contributed by atoms with Crippen molar-refractivity contribution in [3.63, 3.8) is 0 Å². The molecule has 1 aromatic carbocycles. The molecule has 0 unspecified atom stereocenters. The molecule has 0 fully saturated rings. The fourth-order valence-electron chi connectivity index (χ4n) is 4.60. The monoisotopic (exact) mass is 301 g/mol. The Morgan fingerprint density at radius 3 is 2.91 bits per heavy atom. The summed E-state index contributed by atoms with van der Waals surface area (Å²) in [4.78, 5) is 2.39. The number of likely N-dealkylation sites (N-methyl/N-ethyl adjacent to an activating group) is 1. The van der Waals surface area contributed by atoms with Crippen molar-refractivity contribution < 1.29 is 14.9 Å². The van der Waals surface area contributed by atoms with Gasteiger partial charge in [-0.25, -0.2) is 0 Å². The summed E-state index contributed by atoms with van der Waals surface area (Å²) in [7, 11) is 3.78. The van der Waals surface area contributed by atoms with Gasteiger partial charge in [-0.15, -0.1) is 0 Å². The van der Waals surface area contributed by atoms with Crippen LogP contribution >= 0.6 is 0 Å². The third-order valence-electron chi connectivity index (χ3n) is 5.79. The van der Waals surface area contributed by atoms with Crippen LogP contribution < -0.4 is 4.74 Å². The maximum absolute atomic E-state index is 10.8. The second-order valence-electron chi connectivity index (χ2n) is 6.95. The Hall–Kier alpha value is -1.52. The van der Waals surface area contributed by atoms with Gasteiger partial charge in [-0.1, -0.05) is 12.2 Å². The summed E-state index contributed by atoms with van der Waals surface area (Å²) in [6.45, 7) is 1.04. The summed E-state index contributed by atoms with van der Waals surface area (Å²) in [6.07, 6.45) is 7.27. The number of aromatic hydroxyl groups is 1.